The van der Waals surface area contributed by atoms with Gasteiger partial charge in [-0.1, -0.05) is 42.0 Å². The summed E-state index contributed by atoms with van der Waals surface area (Å²) in [6.07, 6.45) is 1.14. The molecule has 4 rings (SSSR count). The van der Waals surface area contributed by atoms with Gasteiger partial charge in [0, 0.05) is 39.3 Å². The molecule has 1 fully saturated rings. The lowest BCUT2D eigenvalue weighted by atomic mass is 10.1. The Kier molecular flexibility index (Phi) is 8.00. The van der Waals surface area contributed by atoms with Crippen molar-refractivity contribution in [3.05, 3.63) is 89.8 Å². The Balaban J connectivity index is 1.62. The van der Waals surface area contributed by atoms with Gasteiger partial charge in [-0.3, -0.25) is 4.79 Å². The summed E-state index contributed by atoms with van der Waals surface area (Å²) in [6, 6.07) is 21.8. The van der Waals surface area contributed by atoms with Crippen molar-refractivity contribution in [3.8, 4) is 22.6 Å². The quantitative estimate of drug-likeness (QED) is 0.200. The minimum absolute atomic E-state index is 0.00834. The number of nitrogens with one attached hydrogen (secondary N) is 1. The fourth-order valence-corrected chi connectivity index (χ4v) is 4.16. The van der Waals surface area contributed by atoms with E-state index in [9.17, 15) is 14.7 Å². The number of benzene rings is 3. The number of allylic oxidation sites excluding steroid dienone is 1. The number of phenolic OH excluding ortho intramolecular Hbond substituents is 1. The maximum Gasteiger partial charge on any atom is 0.385 e. The van der Waals surface area contributed by atoms with E-state index in [0.29, 0.717) is 37.6 Å². The van der Waals surface area contributed by atoms with E-state index in [2.05, 4.69) is 0 Å². The minimum atomic E-state index is -0.348. The van der Waals surface area contributed by atoms with Gasteiger partial charge in [0.25, 0.3) is 5.76 Å². The number of aryl methyl sites for hydroxylation is 1. The van der Waals surface area contributed by atoms with Gasteiger partial charge in [0.2, 0.25) is 5.91 Å². The molecule has 0 atom stereocenters. The molecule has 37 heavy (non-hydrogen) atoms. The number of nitrogens with two attached hydrogens (primary N) is 1. The van der Waals surface area contributed by atoms with Gasteiger partial charge in [0.05, 0.1) is 0 Å². The smallest absolute Gasteiger partial charge is 0.385 e. The van der Waals surface area contributed by atoms with Crippen LogP contribution in [0, 0.1) is 12.3 Å². The van der Waals surface area contributed by atoms with Crippen molar-refractivity contribution in [2.75, 3.05) is 26.2 Å². The zero-order valence-corrected chi connectivity index (χ0v) is 21.0. The van der Waals surface area contributed by atoms with Crippen molar-refractivity contribution in [2.24, 2.45) is 0 Å². The van der Waals surface area contributed by atoms with Crippen LogP contribution in [-0.4, -0.2) is 59.1 Å². The second-order valence-electron chi connectivity index (χ2n) is 8.94. The fourth-order valence-electron chi connectivity index (χ4n) is 4.16. The van der Waals surface area contributed by atoms with Crippen molar-refractivity contribution in [2.45, 2.75) is 13.8 Å². The number of nitrogens with zero attached hydrogens (tertiary/aromatic N) is 2. The van der Waals surface area contributed by atoms with Crippen LogP contribution in [-0.2, 0) is 9.59 Å². The molecule has 190 valence electrons. The van der Waals surface area contributed by atoms with Crippen LogP contribution in [0.25, 0.3) is 11.1 Å². The molecule has 8 heteroatoms. The molecule has 0 aromatic heterocycles. The molecule has 1 saturated heterocycles. The van der Waals surface area contributed by atoms with Crippen LogP contribution in [0.15, 0.2) is 84.3 Å². The average molecular weight is 500 g/mol. The second kappa shape index (κ2) is 11.5. The summed E-state index contributed by atoms with van der Waals surface area (Å²) in [5.41, 5.74) is 4.08. The zero-order chi connectivity index (χ0) is 26.4. The van der Waals surface area contributed by atoms with Gasteiger partial charge in [-0.2, -0.15) is 0 Å². The Labute approximate surface area is 216 Å². The number of hydrogen-bond acceptors (Lipinski definition) is 6. The molecule has 1 aliphatic heterocycles. The van der Waals surface area contributed by atoms with Crippen molar-refractivity contribution in [1.29, 1.82) is 5.41 Å². The second-order valence-corrected chi connectivity index (χ2v) is 8.94. The third kappa shape index (κ3) is 6.42. The number of piperazine rings is 1. The highest BCUT2D eigenvalue weighted by atomic mass is 16.5. The highest BCUT2D eigenvalue weighted by molar-refractivity contribution is 5.93. The number of rotatable bonds is 7. The maximum atomic E-state index is 13.5. The third-order valence-corrected chi connectivity index (χ3v) is 6.31. The fraction of sp³-hybridized carbons (Fsp3) is 0.207. The highest BCUT2D eigenvalue weighted by Crippen LogP contribution is 2.26. The Morgan fingerprint density at radius 1 is 0.865 bits per heavy atom. The molecule has 4 N–H and O–H groups in total. The molecule has 0 unspecified atom stereocenters. The van der Waals surface area contributed by atoms with E-state index in [1.807, 2.05) is 60.4 Å². The molecule has 8 nitrogen and oxygen atoms in total. The van der Waals surface area contributed by atoms with Crippen LogP contribution < -0.4 is 10.1 Å². The molecule has 2 amide bonds. The molecule has 0 radical (unpaired) electrons. The van der Waals surface area contributed by atoms with Crippen LogP contribution in [0.4, 0.5) is 5.69 Å². The lowest BCUT2D eigenvalue weighted by molar-refractivity contribution is -0.481. The molecular weight excluding hydrogens is 468 g/mol. The summed E-state index contributed by atoms with van der Waals surface area (Å²) in [6.45, 7) is 5.53. The first-order valence-electron chi connectivity index (χ1n) is 12.1. The SMILES string of the molecule is CC(=O)N1CCN(/C(C=N)=C(\Oc2ccc(-c3ccc(O)cc3)cc2)C(=O)[NH2+]c2ccc(C)cc2)CC1. The van der Waals surface area contributed by atoms with Crippen molar-refractivity contribution in [3.63, 3.8) is 0 Å². The number of carbonyl (C=O) groups excluding carboxylic acids is 2. The summed E-state index contributed by atoms with van der Waals surface area (Å²) in [5.74, 6) is 0.382. The van der Waals surface area contributed by atoms with Gasteiger partial charge >= 0.3 is 5.91 Å². The van der Waals surface area contributed by atoms with Gasteiger partial charge < -0.3 is 25.1 Å². The Morgan fingerprint density at radius 2 is 1.41 bits per heavy atom. The molecule has 1 heterocycles. The van der Waals surface area contributed by atoms with Crippen molar-refractivity contribution >= 4 is 23.7 Å². The van der Waals surface area contributed by atoms with Crippen LogP contribution in [0.5, 0.6) is 11.5 Å². The topological polar surface area (TPSA) is 111 Å². The van der Waals surface area contributed by atoms with Gasteiger partial charge in [0.1, 0.15) is 22.9 Å². The number of ether oxygens (including phenoxy) is 1. The number of carbonyl (C=O) groups is 2. The summed E-state index contributed by atoms with van der Waals surface area (Å²) in [5, 5.41) is 19.2. The van der Waals surface area contributed by atoms with Crippen molar-refractivity contribution in [1.82, 2.24) is 9.80 Å². The average Bonchev–Trinajstić information content (AvgIpc) is 2.91. The van der Waals surface area contributed by atoms with E-state index in [1.165, 1.54) is 5.32 Å². The first-order valence-corrected chi connectivity index (χ1v) is 12.1. The minimum Gasteiger partial charge on any atom is -0.508 e. The number of aromatic hydroxyl groups is 1. The maximum absolute atomic E-state index is 13.5. The van der Waals surface area contributed by atoms with Crippen LogP contribution in [0.3, 0.4) is 0 Å². The zero-order valence-electron chi connectivity index (χ0n) is 21.0. The van der Waals surface area contributed by atoms with E-state index in [4.69, 9.17) is 10.1 Å². The lowest BCUT2D eigenvalue weighted by Gasteiger charge is -2.36. The van der Waals surface area contributed by atoms with Gasteiger partial charge in [-0.25, -0.2) is 10.1 Å². The summed E-state index contributed by atoms with van der Waals surface area (Å²) >= 11 is 0. The Morgan fingerprint density at radius 3 is 1.95 bits per heavy atom. The molecule has 0 saturated carbocycles. The van der Waals surface area contributed by atoms with Gasteiger partial charge in [0.15, 0.2) is 0 Å². The molecule has 0 spiro atoms. The molecular formula is C29H31N4O4+. The van der Waals surface area contributed by atoms with E-state index >= 15 is 0 Å². The van der Waals surface area contributed by atoms with Crippen LogP contribution in [0.2, 0.25) is 0 Å². The first kappa shape index (κ1) is 25.7. The molecule has 3 aromatic rings. The van der Waals surface area contributed by atoms with Crippen molar-refractivity contribution < 1.29 is 24.7 Å². The summed E-state index contributed by atoms with van der Waals surface area (Å²) in [4.78, 5) is 28.9. The monoisotopic (exact) mass is 499 g/mol. The Bertz CT molecular complexity index is 1290. The van der Waals surface area contributed by atoms with E-state index in [1.54, 1.807) is 36.1 Å². The van der Waals surface area contributed by atoms with Gasteiger partial charge in [-0.05, 0) is 54.4 Å². The number of phenols is 1. The predicted molar refractivity (Wildman–Crippen MR) is 142 cm³/mol. The van der Waals surface area contributed by atoms with Gasteiger partial charge in [-0.15, -0.1) is 0 Å². The summed E-state index contributed by atoms with van der Waals surface area (Å²) < 4.78 is 6.15. The largest absolute Gasteiger partial charge is 0.508 e. The number of amides is 2. The van der Waals surface area contributed by atoms with Crippen LogP contribution >= 0.6 is 0 Å². The normalized spacial score (nSPS) is 14.1. The van der Waals surface area contributed by atoms with E-state index < -0.39 is 0 Å². The highest BCUT2D eigenvalue weighted by Gasteiger charge is 2.28. The molecule has 0 bridgehead atoms. The lowest BCUT2D eigenvalue weighted by Crippen LogP contribution is -2.83. The standard InChI is InChI=1S/C29H30N4O4/c1-20-3-9-24(10-4-20)31-29(36)28(27(19-30)33-17-15-32(16-18-33)21(2)34)37-26-13-7-23(8-14-26)22-5-11-25(35)12-6-22/h3-14,19,30,35H,15-18H2,1-2H3,(H,31,36)/p+1/b28-27-,30-19?. The number of primary amides is 1. The summed E-state index contributed by atoms with van der Waals surface area (Å²) in [7, 11) is 0. The number of quaternary nitrogens is 1. The first-order chi connectivity index (χ1) is 17.8. The number of hydrogen-bond donors (Lipinski definition) is 3. The van der Waals surface area contributed by atoms with E-state index in [-0.39, 0.29) is 23.3 Å². The Hall–Kier alpha value is -4.43. The third-order valence-electron chi connectivity index (χ3n) is 6.31. The van der Waals surface area contributed by atoms with E-state index in [0.717, 1.165) is 28.6 Å². The molecule has 3 aromatic carbocycles. The predicted octanol–water partition coefficient (Wildman–Crippen LogP) is 3.19. The molecule has 0 aliphatic carbocycles. The van der Waals surface area contributed by atoms with Crippen LogP contribution in [0.1, 0.15) is 12.5 Å². The molecule has 1 aliphatic rings.